The Morgan fingerprint density at radius 2 is 1.62 bits per heavy atom. The van der Waals surface area contributed by atoms with Gasteiger partial charge in [0.2, 0.25) is 0 Å². The highest BCUT2D eigenvalue weighted by atomic mass is 32.2. The summed E-state index contributed by atoms with van der Waals surface area (Å²) in [6.07, 6.45) is 1.48. The summed E-state index contributed by atoms with van der Waals surface area (Å²) in [4.78, 5) is 0.681. The van der Waals surface area contributed by atoms with Gasteiger partial charge in [-0.1, -0.05) is 0 Å². The molecule has 0 bridgehead atoms. The van der Waals surface area contributed by atoms with Crippen LogP contribution < -0.4 is 0 Å². The summed E-state index contributed by atoms with van der Waals surface area (Å²) in [7, 11) is 0. The summed E-state index contributed by atoms with van der Waals surface area (Å²) in [5, 5.41) is 26.0. The second kappa shape index (κ2) is 6.01. The van der Waals surface area contributed by atoms with Crippen LogP contribution in [0.5, 0.6) is 0 Å². The third-order valence-electron chi connectivity index (χ3n) is 2.21. The second-order valence-electron chi connectivity index (χ2n) is 3.72. The topological polar surface area (TPSA) is 71.4 Å². The highest BCUT2D eigenvalue weighted by Gasteiger charge is 2.22. The average molecular weight is 231 g/mol. The molecule has 0 fully saturated rings. The predicted molar refractivity (Wildman–Crippen MR) is 65.0 cm³/mol. The maximum atomic E-state index is 8.72. The van der Waals surface area contributed by atoms with E-state index in [2.05, 4.69) is 0 Å². The molecule has 0 aliphatic rings. The van der Waals surface area contributed by atoms with Crippen LogP contribution in [-0.2, 0) is 0 Å². The minimum absolute atomic E-state index is 0.128. The molecule has 0 spiro atoms. The molecule has 0 unspecified atom stereocenters. The van der Waals surface area contributed by atoms with E-state index in [1.165, 1.54) is 17.8 Å². The number of rotatable bonds is 3. The first kappa shape index (κ1) is 14.3. The Morgan fingerprint density at radius 3 is 2.00 bits per heavy atom. The van der Waals surface area contributed by atoms with Gasteiger partial charge in [0.25, 0.3) is 0 Å². The number of hydrogen-bond donors (Lipinski definition) is 0. The monoisotopic (exact) mass is 231 g/mol. The van der Waals surface area contributed by atoms with E-state index in [0.29, 0.717) is 4.91 Å². The number of allylic oxidation sites excluding steroid dienone is 3. The lowest BCUT2D eigenvalue weighted by Crippen LogP contribution is -2.16. The molecule has 0 N–H and O–H groups in total. The summed E-state index contributed by atoms with van der Waals surface area (Å²) in [5.74, 6) is 0. The minimum atomic E-state index is -0.293. The van der Waals surface area contributed by atoms with Crippen LogP contribution in [0.1, 0.15) is 27.7 Å². The first-order valence-electron chi connectivity index (χ1n) is 4.66. The summed E-state index contributed by atoms with van der Waals surface area (Å²) >= 11 is 1.42. The van der Waals surface area contributed by atoms with Crippen molar-refractivity contribution in [3.05, 3.63) is 22.1 Å². The molecule has 0 rings (SSSR count). The number of nitriles is 3. The first-order valence-corrected chi connectivity index (χ1v) is 5.47. The Morgan fingerprint density at radius 1 is 1.12 bits per heavy atom. The van der Waals surface area contributed by atoms with E-state index in [-0.39, 0.29) is 10.3 Å². The van der Waals surface area contributed by atoms with E-state index in [1.807, 2.05) is 39.0 Å². The first-order chi connectivity index (χ1) is 7.38. The molecule has 0 aliphatic carbocycles. The van der Waals surface area contributed by atoms with Crippen LogP contribution >= 0.6 is 11.8 Å². The molecular formula is C12H13N3S. The Labute approximate surface area is 101 Å². The third kappa shape index (κ3) is 3.81. The van der Waals surface area contributed by atoms with E-state index in [9.17, 15) is 0 Å². The van der Waals surface area contributed by atoms with E-state index in [1.54, 1.807) is 6.92 Å². The average Bonchev–Trinajstić information content (AvgIpc) is 2.19. The van der Waals surface area contributed by atoms with Crippen LogP contribution in [-0.4, -0.2) is 4.75 Å². The fraction of sp³-hybridized carbons (Fsp3) is 0.417. The molecule has 0 radical (unpaired) electrons. The molecule has 16 heavy (non-hydrogen) atoms. The van der Waals surface area contributed by atoms with Crippen molar-refractivity contribution in [1.29, 1.82) is 15.8 Å². The Hall–Kier alpha value is -1.70. The van der Waals surface area contributed by atoms with Crippen LogP contribution in [0.2, 0.25) is 0 Å². The molecule has 0 aromatic rings. The molecule has 0 aromatic heterocycles. The molecule has 0 heterocycles. The predicted octanol–water partition coefficient (Wildman–Crippen LogP) is 3.29. The fourth-order valence-corrected chi connectivity index (χ4v) is 2.15. The van der Waals surface area contributed by atoms with Crippen molar-refractivity contribution in [3.63, 3.8) is 0 Å². The second-order valence-corrected chi connectivity index (χ2v) is 5.56. The van der Waals surface area contributed by atoms with Gasteiger partial charge in [0.1, 0.15) is 17.7 Å². The van der Waals surface area contributed by atoms with E-state index < -0.39 is 0 Å². The lowest BCUT2D eigenvalue weighted by atomic mass is 10.0. The SMILES string of the molecule is CC(SC(C)(C)/C(C)=C/C#N)=C(C#N)C#N. The molecule has 0 aromatic carbocycles. The molecule has 0 saturated carbocycles. The molecule has 0 atom stereocenters. The van der Waals surface area contributed by atoms with Gasteiger partial charge in [-0.15, -0.1) is 11.8 Å². The smallest absolute Gasteiger partial charge is 0.138 e. The van der Waals surface area contributed by atoms with Gasteiger partial charge in [0.05, 0.1) is 6.07 Å². The fourth-order valence-electron chi connectivity index (χ4n) is 0.967. The van der Waals surface area contributed by atoms with Gasteiger partial charge in [-0.05, 0) is 33.3 Å². The molecule has 3 nitrogen and oxygen atoms in total. The number of thioether (sulfide) groups is 1. The van der Waals surface area contributed by atoms with Crippen LogP contribution in [0.25, 0.3) is 0 Å². The van der Waals surface area contributed by atoms with Gasteiger partial charge in [-0.2, -0.15) is 15.8 Å². The molecular weight excluding hydrogens is 218 g/mol. The van der Waals surface area contributed by atoms with Crippen molar-refractivity contribution in [2.45, 2.75) is 32.4 Å². The lowest BCUT2D eigenvalue weighted by molar-refractivity contribution is 0.835. The van der Waals surface area contributed by atoms with Crippen molar-refractivity contribution in [3.8, 4) is 18.2 Å². The lowest BCUT2D eigenvalue weighted by Gasteiger charge is -2.24. The Balaban J connectivity index is 5.11. The maximum absolute atomic E-state index is 8.72. The quantitative estimate of drug-likeness (QED) is 0.699. The number of hydrogen-bond acceptors (Lipinski definition) is 4. The Kier molecular flexibility index (Phi) is 5.37. The van der Waals surface area contributed by atoms with Gasteiger partial charge >= 0.3 is 0 Å². The van der Waals surface area contributed by atoms with E-state index >= 15 is 0 Å². The molecule has 82 valence electrons. The van der Waals surface area contributed by atoms with Crippen molar-refractivity contribution in [2.24, 2.45) is 0 Å². The Bertz CT molecular complexity index is 434. The van der Waals surface area contributed by atoms with Gasteiger partial charge in [0.15, 0.2) is 0 Å². The van der Waals surface area contributed by atoms with Crippen molar-refractivity contribution in [2.75, 3.05) is 0 Å². The third-order valence-corrected chi connectivity index (χ3v) is 3.56. The van der Waals surface area contributed by atoms with Crippen LogP contribution in [0.15, 0.2) is 22.1 Å². The zero-order valence-electron chi connectivity index (χ0n) is 9.83. The van der Waals surface area contributed by atoms with Gasteiger partial charge in [-0.25, -0.2) is 0 Å². The minimum Gasteiger partial charge on any atom is -0.193 e. The maximum Gasteiger partial charge on any atom is 0.138 e. The van der Waals surface area contributed by atoms with Crippen molar-refractivity contribution < 1.29 is 0 Å². The molecule has 4 heteroatoms. The zero-order chi connectivity index (χ0) is 12.8. The standard InChI is InChI=1S/C12H13N3S/c1-9(5-6-13)12(3,4)16-10(2)11(7-14)8-15/h5H,1-4H3/b9-5+. The van der Waals surface area contributed by atoms with Gasteiger partial charge < -0.3 is 0 Å². The highest BCUT2D eigenvalue weighted by molar-refractivity contribution is 8.04. The van der Waals surface area contributed by atoms with Crippen LogP contribution in [0.3, 0.4) is 0 Å². The molecule has 0 amide bonds. The normalized spacial score (nSPS) is 10.9. The van der Waals surface area contributed by atoms with Crippen LogP contribution in [0.4, 0.5) is 0 Å². The van der Waals surface area contributed by atoms with E-state index in [4.69, 9.17) is 15.8 Å². The summed E-state index contributed by atoms with van der Waals surface area (Å²) in [5.41, 5.74) is 1.04. The summed E-state index contributed by atoms with van der Waals surface area (Å²) in [6.45, 7) is 7.52. The van der Waals surface area contributed by atoms with Crippen molar-refractivity contribution in [1.82, 2.24) is 0 Å². The summed E-state index contributed by atoms with van der Waals surface area (Å²) in [6, 6.07) is 5.70. The van der Waals surface area contributed by atoms with E-state index in [0.717, 1.165) is 5.57 Å². The number of nitrogens with zero attached hydrogens (tertiary/aromatic N) is 3. The van der Waals surface area contributed by atoms with Gasteiger partial charge in [-0.3, -0.25) is 0 Å². The summed E-state index contributed by atoms with van der Waals surface area (Å²) < 4.78 is -0.293. The highest BCUT2D eigenvalue weighted by Crippen LogP contribution is 2.38. The molecule has 0 aliphatic heterocycles. The van der Waals surface area contributed by atoms with Crippen molar-refractivity contribution >= 4 is 11.8 Å². The van der Waals surface area contributed by atoms with Gasteiger partial charge in [0, 0.05) is 15.7 Å². The largest absolute Gasteiger partial charge is 0.193 e. The zero-order valence-corrected chi connectivity index (χ0v) is 10.6. The molecule has 0 saturated heterocycles. The van der Waals surface area contributed by atoms with Crippen LogP contribution in [0, 0.1) is 34.0 Å².